The van der Waals surface area contributed by atoms with Gasteiger partial charge in [-0.1, -0.05) is 6.92 Å². The summed E-state index contributed by atoms with van der Waals surface area (Å²) in [5, 5.41) is 2.73. The van der Waals surface area contributed by atoms with E-state index in [9.17, 15) is 22.8 Å². The molecule has 1 N–H and O–H groups in total. The molecule has 0 radical (unpaired) electrons. The second-order valence-corrected chi connectivity index (χ2v) is 10.5. The van der Waals surface area contributed by atoms with Gasteiger partial charge in [-0.15, -0.1) is 0 Å². The fourth-order valence-corrected chi connectivity index (χ4v) is 4.89. The first-order valence-electron chi connectivity index (χ1n) is 13.0. The monoisotopic (exact) mass is 565 g/mol. The van der Waals surface area contributed by atoms with Crippen molar-refractivity contribution in [3.8, 4) is 5.88 Å². The number of ketones is 1. The Hall–Kier alpha value is -3.59. The number of Topliss-reactive ketones (excluding diaryl/α,β-unsaturated/α-hetero) is 1. The standard InChI is InChI=1S/C25H30F3N7O5/c1-14(25(26,27)28)7-18(36)21-29-9-17-22(33-21)35(15-5-4-6-34(17)10-15)23(37)32-19-8-20(31-13-30-19)38-11-16-12-39-24(2,3)40-16/h8-9,13-16H,4-7,10-12H2,1-3H3,(H,30,31,32,37)/t14-,15-,16+/m0/s1. The molecule has 2 bridgehead atoms. The third-order valence-electron chi connectivity index (χ3n) is 6.96. The average molecular weight is 566 g/mol. The third kappa shape index (κ3) is 6.09. The maximum absolute atomic E-state index is 13.5. The fraction of sp³-hybridized carbons (Fsp3) is 0.600. The molecule has 12 nitrogen and oxygen atoms in total. The number of aromatic nitrogens is 4. The second-order valence-electron chi connectivity index (χ2n) is 10.5. The van der Waals surface area contributed by atoms with Gasteiger partial charge in [-0.05, 0) is 26.7 Å². The zero-order valence-corrected chi connectivity index (χ0v) is 22.3. The van der Waals surface area contributed by atoms with Gasteiger partial charge in [0, 0.05) is 25.6 Å². The second kappa shape index (κ2) is 10.8. The van der Waals surface area contributed by atoms with Crippen molar-refractivity contribution in [3.05, 3.63) is 24.4 Å². The van der Waals surface area contributed by atoms with Crippen molar-refractivity contribution in [2.45, 2.75) is 64.1 Å². The number of rotatable bonds is 7. The minimum absolute atomic E-state index is 0.165. The summed E-state index contributed by atoms with van der Waals surface area (Å²) in [7, 11) is 0. The molecular weight excluding hydrogens is 535 g/mol. The van der Waals surface area contributed by atoms with Crippen LogP contribution in [0.3, 0.4) is 0 Å². The topological polar surface area (TPSA) is 132 Å². The lowest BCUT2D eigenvalue weighted by atomic mass is 10.00. The van der Waals surface area contributed by atoms with Crippen molar-refractivity contribution in [1.82, 2.24) is 19.9 Å². The molecule has 3 aliphatic rings. The van der Waals surface area contributed by atoms with E-state index in [4.69, 9.17) is 14.2 Å². The van der Waals surface area contributed by atoms with Gasteiger partial charge in [0.2, 0.25) is 11.7 Å². The number of carbonyl (C=O) groups is 2. The smallest absolute Gasteiger partial charge is 0.391 e. The molecule has 3 atom stereocenters. The van der Waals surface area contributed by atoms with Crippen molar-refractivity contribution in [2.24, 2.45) is 5.92 Å². The highest BCUT2D eigenvalue weighted by molar-refractivity contribution is 6.04. The van der Waals surface area contributed by atoms with Crippen LogP contribution in [0.5, 0.6) is 5.88 Å². The summed E-state index contributed by atoms with van der Waals surface area (Å²) >= 11 is 0. The number of carbonyl (C=O) groups excluding carboxylic acids is 2. The van der Waals surface area contributed by atoms with Crippen molar-refractivity contribution < 1.29 is 37.0 Å². The average Bonchev–Trinajstić information content (AvgIpc) is 3.25. The van der Waals surface area contributed by atoms with Crippen LogP contribution in [-0.4, -0.2) is 82.2 Å². The molecule has 2 aromatic heterocycles. The van der Waals surface area contributed by atoms with Crippen LogP contribution in [0.1, 0.15) is 50.7 Å². The Labute approximate surface area is 228 Å². The Balaban J connectivity index is 1.33. The maximum Gasteiger partial charge on any atom is 0.391 e. The summed E-state index contributed by atoms with van der Waals surface area (Å²) in [5.41, 5.74) is 0.528. The summed E-state index contributed by atoms with van der Waals surface area (Å²) in [4.78, 5) is 46.1. The van der Waals surface area contributed by atoms with Gasteiger partial charge >= 0.3 is 12.2 Å². The lowest BCUT2D eigenvalue weighted by Crippen LogP contribution is -2.56. The Morgan fingerprint density at radius 1 is 1.27 bits per heavy atom. The minimum atomic E-state index is -4.52. The van der Waals surface area contributed by atoms with Crippen molar-refractivity contribution in [1.29, 1.82) is 0 Å². The number of fused-ring (bicyclic) bond motifs is 4. The highest BCUT2D eigenvalue weighted by Crippen LogP contribution is 2.38. The van der Waals surface area contributed by atoms with E-state index in [1.807, 2.05) is 18.7 Å². The van der Waals surface area contributed by atoms with Gasteiger partial charge in [0.1, 0.15) is 24.9 Å². The lowest BCUT2D eigenvalue weighted by Gasteiger charge is -2.45. The fourth-order valence-electron chi connectivity index (χ4n) is 4.89. The van der Waals surface area contributed by atoms with Crippen molar-refractivity contribution in [3.63, 3.8) is 0 Å². The molecule has 5 rings (SSSR count). The van der Waals surface area contributed by atoms with E-state index in [2.05, 4.69) is 25.3 Å². The van der Waals surface area contributed by atoms with Gasteiger partial charge in [0.15, 0.2) is 17.4 Å². The van der Waals surface area contributed by atoms with Gasteiger partial charge in [-0.25, -0.2) is 24.7 Å². The molecule has 3 aliphatic heterocycles. The number of ether oxygens (including phenoxy) is 3. The molecule has 0 spiro atoms. The summed E-state index contributed by atoms with van der Waals surface area (Å²) in [6.07, 6.45) is -1.46. The molecule has 216 valence electrons. The number of alkyl halides is 3. The summed E-state index contributed by atoms with van der Waals surface area (Å²) in [6, 6.07) is 0.630. The highest BCUT2D eigenvalue weighted by atomic mass is 19.4. The van der Waals surface area contributed by atoms with Gasteiger partial charge < -0.3 is 19.1 Å². The van der Waals surface area contributed by atoms with E-state index in [1.54, 1.807) is 0 Å². The van der Waals surface area contributed by atoms with Crippen LogP contribution in [0, 0.1) is 5.92 Å². The normalized spacial score (nSPS) is 22.4. The Morgan fingerprint density at radius 3 is 2.80 bits per heavy atom. The molecule has 40 heavy (non-hydrogen) atoms. The number of halogens is 3. The molecule has 2 fully saturated rings. The van der Waals surface area contributed by atoms with Gasteiger partial charge in [0.05, 0.1) is 30.5 Å². The van der Waals surface area contributed by atoms with Crippen LogP contribution in [0.25, 0.3) is 0 Å². The van der Waals surface area contributed by atoms with Gasteiger partial charge in [-0.2, -0.15) is 13.2 Å². The quantitative estimate of drug-likeness (QED) is 0.497. The SMILES string of the molecule is C[C@@H](CC(=O)c1ncc2c(n1)N(C(=O)Nc1cc(OC[C@@H]3COC(C)(C)O3)ncn1)[C@H]1CCCN2C1)C(F)(F)F. The van der Waals surface area contributed by atoms with E-state index < -0.39 is 36.1 Å². The largest absolute Gasteiger partial charge is 0.475 e. The first kappa shape index (κ1) is 28.0. The van der Waals surface area contributed by atoms with Crippen molar-refractivity contribution >= 4 is 29.1 Å². The molecule has 0 saturated carbocycles. The number of amides is 2. The summed E-state index contributed by atoms with van der Waals surface area (Å²) in [5.74, 6) is -3.21. The van der Waals surface area contributed by atoms with Gasteiger partial charge in [-0.3, -0.25) is 15.0 Å². The molecule has 5 heterocycles. The number of piperidine rings is 1. The molecule has 0 aliphatic carbocycles. The molecule has 15 heteroatoms. The van der Waals surface area contributed by atoms with Gasteiger partial charge in [0.25, 0.3) is 0 Å². The van der Waals surface area contributed by atoms with Crippen LogP contribution >= 0.6 is 0 Å². The van der Waals surface area contributed by atoms with Crippen molar-refractivity contribution in [2.75, 3.05) is 41.4 Å². The van der Waals surface area contributed by atoms with Crippen LogP contribution in [-0.2, 0) is 9.47 Å². The molecule has 0 aromatic carbocycles. The van der Waals surface area contributed by atoms with E-state index in [-0.39, 0.29) is 42.1 Å². The van der Waals surface area contributed by atoms with Crippen LogP contribution in [0.4, 0.5) is 35.3 Å². The highest BCUT2D eigenvalue weighted by Gasteiger charge is 2.41. The molecular formula is C25H30F3N7O5. The minimum Gasteiger partial charge on any atom is -0.475 e. The predicted octanol–water partition coefficient (Wildman–Crippen LogP) is 3.59. The number of nitrogens with one attached hydrogen (secondary N) is 1. The van der Waals surface area contributed by atoms with Crippen LogP contribution in [0.15, 0.2) is 18.6 Å². The summed E-state index contributed by atoms with van der Waals surface area (Å²) in [6.45, 7) is 6.34. The Morgan fingerprint density at radius 2 is 2.08 bits per heavy atom. The van der Waals surface area contributed by atoms with E-state index in [1.165, 1.54) is 23.5 Å². The predicted molar refractivity (Wildman–Crippen MR) is 135 cm³/mol. The van der Waals surface area contributed by atoms with E-state index >= 15 is 0 Å². The number of hydrogen-bond acceptors (Lipinski definition) is 10. The number of hydrogen-bond donors (Lipinski definition) is 1. The van der Waals surface area contributed by atoms with Crippen LogP contribution in [0.2, 0.25) is 0 Å². The number of nitrogens with zero attached hydrogens (tertiary/aromatic N) is 6. The van der Waals surface area contributed by atoms with E-state index in [0.29, 0.717) is 31.8 Å². The first-order valence-corrected chi connectivity index (χ1v) is 13.0. The zero-order chi connectivity index (χ0) is 28.7. The van der Waals surface area contributed by atoms with Crippen LogP contribution < -0.4 is 19.9 Å². The maximum atomic E-state index is 13.5. The number of anilines is 3. The Bertz CT molecular complexity index is 1280. The zero-order valence-electron chi connectivity index (χ0n) is 22.3. The molecule has 0 unspecified atom stereocenters. The molecule has 2 amide bonds. The molecule has 2 aromatic rings. The number of urea groups is 1. The first-order chi connectivity index (χ1) is 18.9. The van der Waals surface area contributed by atoms with E-state index in [0.717, 1.165) is 13.3 Å². The molecule has 2 saturated heterocycles. The third-order valence-corrected chi connectivity index (χ3v) is 6.96. The summed E-state index contributed by atoms with van der Waals surface area (Å²) < 4.78 is 56.0. The Kier molecular flexibility index (Phi) is 7.52. The lowest BCUT2D eigenvalue weighted by molar-refractivity contribution is -0.168.